The molecule has 1 atom stereocenters. The van der Waals surface area contributed by atoms with Crippen molar-refractivity contribution in [3.63, 3.8) is 0 Å². The maximum Gasteiger partial charge on any atom is 0.300 e. The smallest absolute Gasteiger partial charge is 0.300 e. The molecule has 3 aromatic carbocycles. The van der Waals surface area contributed by atoms with E-state index in [1.807, 2.05) is 31.2 Å². The van der Waals surface area contributed by atoms with E-state index in [1.54, 1.807) is 73.1 Å². The summed E-state index contributed by atoms with van der Waals surface area (Å²) < 4.78 is 5.92. The van der Waals surface area contributed by atoms with Gasteiger partial charge >= 0.3 is 0 Å². The first-order valence-corrected chi connectivity index (χ1v) is 11.6. The molecule has 0 bridgehead atoms. The van der Waals surface area contributed by atoms with Crippen molar-refractivity contribution in [3.05, 3.63) is 125 Å². The highest BCUT2D eigenvalue weighted by Gasteiger charge is 2.47. The molecule has 2 heterocycles. The number of rotatable bonds is 5. The van der Waals surface area contributed by atoms with Crippen LogP contribution >= 0.6 is 11.6 Å². The number of Topliss-reactive ketones (excluding diaryl/α,β-unsaturated/α-hetero) is 1. The van der Waals surface area contributed by atoms with Crippen LogP contribution in [0, 0.1) is 6.92 Å². The number of anilines is 1. The zero-order valence-electron chi connectivity index (χ0n) is 19.3. The third kappa shape index (κ3) is 4.46. The Kier molecular flexibility index (Phi) is 6.27. The topological polar surface area (TPSA) is 79.7 Å². The van der Waals surface area contributed by atoms with E-state index in [9.17, 15) is 14.7 Å². The molecule has 1 N–H and O–H groups in total. The molecule has 0 aliphatic carbocycles. The predicted octanol–water partition coefficient (Wildman–Crippen LogP) is 6.46. The van der Waals surface area contributed by atoms with Crippen molar-refractivity contribution < 1.29 is 19.4 Å². The Morgan fingerprint density at radius 2 is 1.72 bits per heavy atom. The summed E-state index contributed by atoms with van der Waals surface area (Å²) in [5, 5.41) is 11.5. The molecule has 7 heteroatoms. The number of amides is 1. The molecule has 178 valence electrons. The number of nitrogens with zero attached hydrogens (tertiary/aromatic N) is 2. The molecule has 4 aromatic rings. The van der Waals surface area contributed by atoms with Gasteiger partial charge in [0.15, 0.2) is 0 Å². The van der Waals surface area contributed by atoms with Gasteiger partial charge in [-0.1, -0.05) is 41.9 Å². The van der Waals surface area contributed by atoms with Crippen LogP contribution in [0.15, 0.2) is 103 Å². The number of aliphatic hydroxyl groups excluding tert-OH is 1. The first kappa shape index (κ1) is 23.3. The zero-order chi connectivity index (χ0) is 25.2. The molecule has 1 saturated heterocycles. The largest absolute Gasteiger partial charge is 0.507 e. The Morgan fingerprint density at radius 1 is 0.944 bits per heavy atom. The summed E-state index contributed by atoms with van der Waals surface area (Å²) in [4.78, 5) is 32.0. The maximum absolute atomic E-state index is 13.3. The molecule has 0 saturated carbocycles. The molecule has 1 amide bonds. The number of carbonyl (C=O) groups excluding carboxylic acids is 2. The average molecular weight is 497 g/mol. The number of halogens is 1. The van der Waals surface area contributed by atoms with Crippen LogP contribution in [0.1, 0.15) is 22.7 Å². The van der Waals surface area contributed by atoms with Gasteiger partial charge in [0.25, 0.3) is 11.7 Å². The quantitative estimate of drug-likeness (QED) is 0.195. The normalized spacial score (nSPS) is 16.8. The first-order valence-electron chi connectivity index (χ1n) is 11.2. The summed E-state index contributed by atoms with van der Waals surface area (Å²) in [6.07, 6.45) is 3.17. The van der Waals surface area contributed by atoms with Crippen molar-refractivity contribution in [2.24, 2.45) is 0 Å². The van der Waals surface area contributed by atoms with Crippen LogP contribution in [0.2, 0.25) is 5.02 Å². The second-order valence-corrected chi connectivity index (χ2v) is 8.81. The van der Waals surface area contributed by atoms with Gasteiger partial charge in [-0.25, -0.2) is 0 Å². The zero-order valence-corrected chi connectivity index (χ0v) is 20.0. The standard InChI is InChI=1S/C29H21ClN2O4/c1-18-5-2-9-24(15-18)36-23-12-10-22(11-13-23)32-26(20-7-4-14-31-17-20)25(28(34)29(32)35)27(33)19-6-3-8-21(30)16-19/h2-17,26,33H,1H3/b27-25-. The van der Waals surface area contributed by atoms with Crippen molar-refractivity contribution in [1.29, 1.82) is 0 Å². The Morgan fingerprint density at radius 3 is 2.42 bits per heavy atom. The summed E-state index contributed by atoms with van der Waals surface area (Å²) in [7, 11) is 0. The number of carbonyl (C=O) groups is 2. The van der Waals surface area contributed by atoms with Crippen molar-refractivity contribution in [2.45, 2.75) is 13.0 Å². The van der Waals surface area contributed by atoms with Crippen molar-refractivity contribution in [3.8, 4) is 11.5 Å². The highest BCUT2D eigenvalue weighted by molar-refractivity contribution is 6.51. The fourth-order valence-corrected chi connectivity index (χ4v) is 4.42. The van der Waals surface area contributed by atoms with Gasteiger partial charge in [0.1, 0.15) is 17.3 Å². The van der Waals surface area contributed by atoms with Crippen LogP contribution < -0.4 is 9.64 Å². The summed E-state index contributed by atoms with van der Waals surface area (Å²) in [6, 6.07) is 23.7. The molecule has 1 aliphatic rings. The molecule has 6 nitrogen and oxygen atoms in total. The van der Waals surface area contributed by atoms with E-state index in [1.165, 1.54) is 4.90 Å². The summed E-state index contributed by atoms with van der Waals surface area (Å²) in [5.74, 6) is -0.564. The number of hydrogen-bond donors (Lipinski definition) is 1. The second kappa shape index (κ2) is 9.68. The van der Waals surface area contributed by atoms with Crippen LogP contribution in [-0.4, -0.2) is 21.8 Å². The lowest BCUT2D eigenvalue weighted by atomic mass is 9.96. The lowest BCUT2D eigenvalue weighted by molar-refractivity contribution is -0.132. The molecule has 1 unspecified atom stereocenters. The Balaban J connectivity index is 1.57. The van der Waals surface area contributed by atoms with E-state index in [2.05, 4.69) is 4.98 Å². The van der Waals surface area contributed by atoms with Crippen LogP contribution in [0.25, 0.3) is 5.76 Å². The first-order chi connectivity index (χ1) is 17.4. The molecule has 1 fully saturated rings. The van der Waals surface area contributed by atoms with Crippen molar-refractivity contribution >= 4 is 34.7 Å². The van der Waals surface area contributed by atoms with Gasteiger partial charge in [-0.15, -0.1) is 0 Å². The Bertz CT molecular complexity index is 1480. The summed E-state index contributed by atoms with van der Waals surface area (Å²) in [5.41, 5.74) is 2.45. The summed E-state index contributed by atoms with van der Waals surface area (Å²) in [6.45, 7) is 1.98. The number of pyridine rings is 1. The number of aryl methyl sites for hydroxylation is 1. The van der Waals surface area contributed by atoms with E-state index < -0.39 is 17.7 Å². The van der Waals surface area contributed by atoms with Gasteiger partial charge in [0, 0.05) is 28.7 Å². The number of ketones is 1. The van der Waals surface area contributed by atoms with Crippen LogP contribution in [0.5, 0.6) is 11.5 Å². The number of benzene rings is 3. The minimum Gasteiger partial charge on any atom is -0.507 e. The van der Waals surface area contributed by atoms with Crippen molar-refractivity contribution in [1.82, 2.24) is 4.98 Å². The maximum atomic E-state index is 13.3. The molecule has 36 heavy (non-hydrogen) atoms. The highest BCUT2D eigenvalue weighted by Crippen LogP contribution is 2.42. The fourth-order valence-electron chi connectivity index (χ4n) is 4.23. The van der Waals surface area contributed by atoms with Gasteiger partial charge in [-0.2, -0.15) is 0 Å². The molecule has 0 radical (unpaired) electrons. The monoisotopic (exact) mass is 496 g/mol. The second-order valence-electron chi connectivity index (χ2n) is 8.38. The Hall–Kier alpha value is -4.42. The van der Waals surface area contributed by atoms with E-state index in [4.69, 9.17) is 16.3 Å². The number of ether oxygens (including phenoxy) is 1. The lowest BCUT2D eigenvalue weighted by Crippen LogP contribution is -2.29. The third-order valence-electron chi connectivity index (χ3n) is 5.88. The van der Waals surface area contributed by atoms with Gasteiger partial charge in [0.05, 0.1) is 11.6 Å². The van der Waals surface area contributed by atoms with E-state index in [0.717, 1.165) is 5.56 Å². The minimum atomic E-state index is -0.874. The fraction of sp³-hybridized carbons (Fsp3) is 0.0690. The molecule has 5 rings (SSSR count). The molecular formula is C29H21ClN2O4. The van der Waals surface area contributed by atoms with E-state index in [0.29, 0.717) is 33.3 Å². The number of aromatic nitrogens is 1. The van der Waals surface area contributed by atoms with Gasteiger partial charge < -0.3 is 9.84 Å². The molecular weight excluding hydrogens is 476 g/mol. The highest BCUT2D eigenvalue weighted by atomic mass is 35.5. The Labute approximate surface area is 213 Å². The van der Waals surface area contributed by atoms with E-state index in [-0.39, 0.29) is 11.3 Å². The number of hydrogen-bond acceptors (Lipinski definition) is 5. The summed E-state index contributed by atoms with van der Waals surface area (Å²) >= 11 is 6.10. The van der Waals surface area contributed by atoms with Crippen molar-refractivity contribution in [2.75, 3.05) is 4.90 Å². The van der Waals surface area contributed by atoms with Gasteiger partial charge in [-0.05, 0) is 72.6 Å². The van der Waals surface area contributed by atoms with E-state index >= 15 is 0 Å². The number of aliphatic hydroxyl groups is 1. The van der Waals surface area contributed by atoms with Crippen LogP contribution in [-0.2, 0) is 9.59 Å². The SMILES string of the molecule is Cc1cccc(Oc2ccc(N3C(=O)C(=O)/C(=C(\O)c4cccc(Cl)c4)C3c3cccnc3)cc2)c1. The lowest BCUT2D eigenvalue weighted by Gasteiger charge is -2.25. The van der Waals surface area contributed by atoms with Gasteiger partial charge in [0.2, 0.25) is 0 Å². The van der Waals surface area contributed by atoms with Gasteiger partial charge in [-0.3, -0.25) is 19.5 Å². The molecule has 1 aliphatic heterocycles. The van der Waals surface area contributed by atoms with Crippen LogP contribution in [0.4, 0.5) is 5.69 Å². The third-order valence-corrected chi connectivity index (χ3v) is 6.12. The average Bonchev–Trinajstić information content (AvgIpc) is 3.15. The predicted molar refractivity (Wildman–Crippen MR) is 138 cm³/mol. The molecule has 0 spiro atoms. The minimum absolute atomic E-state index is 0.0321. The molecule has 1 aromatic heterocycles. The van der Waals surface area contributed by atoms with Crippen LogP contribution in [0.3, 0.4) is 0 Å².